The predicted octanol–water partition coefficient (Wildman–Crippen LogP) is 1.02. The SMILES string of the molecule is CC(=CC=S)C(=O)O. The van der Waals surface area contributed by atoms with Crippen LogP contribution in [0.15, 0.2) is 11.6 Å². The molecule has 0 heterocycles. The van der Waals surface area contributed by atoms with E-state index in [9.17, 15) is 4.79 Å². The first kappa shape index (κ1) is 7.30. The third-order valence-electron chi connectivity index (χ3n) is 0.655. The van der Waals surface area contributed by atoms with Crippen LogP contribution in [0.5, 0.6) is 0 Å². The van der Waals surface area contributed by atoms with Gasteiger partial charge in [-0.2, -0.15) is 0 Å². The number of carboxylic acids is 1. The van der Waals surface area contributed by atoms with Crippen LogP contribution in [0.4, 0.5) is 0 Å². The largest absolute Gasteiger partial charge is 0.478 e. The zero-order valence-electron chi connectivity index (χ0n) is 4.42. The van der Waals surface area contributed by atoms with Crippen molar-refractivity contribution in [3.8, 4) is 0 Å². The summed E-state index contributed by atoms with van der Waals surface area (Å²) < 4.78 is 0. The number of thiocarbonyl (C=S) groups is 1. The van der Waals surface area contributed by atoms with Gasteiger partial charge in [0.25, 0.3) is 0 Å². The maximum Gasteiger partial charge on any atom is 0.331 e. The van der Waals surface area contributed by atoms with Crippen LogP contribution in [0.2, 0.25) is 0 Å². The monoisotopic (exact) mass is 130 g/mol. The fourth-order valence-corrected chi connectivity index (χ4v) is 0.377. The van der Waals surface area contributed by atoms with Gasteiger partial charge in [0, 0.05) is 10.9 Å². The molecule has 44 valence electrons. The van der Waals surface area contributed by atoms with Crippen LogP contribution >= 0.6 is 12.2 Å². The van der Waals surface area contributed by atoms with E-state index in [0.29, 0.717) is 0 Å². The van der Waals surface area contributed by atoms with E-state index >= 15 is 0 Å². The zero-order valence-corrected chi connectivity index (χ0v) is 5.23. The van der Waals surface area contributed by atoms with Gasteiger partial charge in [0.2, 0.25) is 0 Å². The Kier molecular flexibility index (Phi) is 3.03. The van der Waals surface area contributed by atoms with Crippen molar-refractivity contribution >= 4 is 23.6 Å². The van der Waals surface area contributed by atoms with E-state index in [0.717, 1.165) is 0 Å². The fourth-order valence-electron chi connectivity index (χ4n) is 0.173. The number of hydrogen-bond donors (Lipinski definition) is 1. The maximum absolute atomic E-state index is 9.95. The molecule has 8 heavy (non-hydrogen) atoms. The van der Waals surface area contributed by atoms with Crippen molar-refractivity contribution in [2.75, 3.05) is 0 Å². The van der Waals surface area contributed by atoms with Gasteiger partial charge in [-0.15, -0.1) is 0 Å². The van der Waals surface area contributed by atoms with Gasteiger partial charge >= 0.3 is 5.97 Å². The molecule has 2 nitrogen and oxygen atoms in total. The lowest BCUT2D eigenvalue weighted by atomic mass is 10.3. The van der Waals surface area contributed by atoms with Gasteiger partial charge in [0.15, 0.2) is 0 Å². The highest BCUT2D eigenvalue weighted by molar-refractivity contribution is 7.79. The third-order valence-corrected chi connectivity index (χ3v) is 0.791. The first-order valence-corrected chi connectivity index (χ1v) is 2.51. The van der Waals surface area contributed by atoms with Gasteiger partial charge in [-0.3, -0.25) is 0 Å². The van der Waals surface area contributed by atoms with Gasteiger partial charge in [-0.1, -0.05) is 12.2 Å². The van der Waals surface area contributed by atoms with Crippen LogP contribution in [-0.4, -0.2) is 16.4 Å². The molecule has 0 saturated carbocycles. The van der Waals surface area contributed by atoms with Gasteiger partial charge < -0.3 is 5.11 Å². The lowest BCUT2D eigenvalue weighted by Gasteiger charge is -1.84. The molecule has 1 N–H and O–H groups in total. The summed E-state index contributed by atoms with van der Waals surface area (Å²) >= 11 is 4.38. The molecule has 3 heteroatoms. The Morgan fingerprint density at radius 1 is 1.75 bits per heavy atom. The summed E-state index contributed by atoms with van der Waals surface area (Å²) in [6.45, 7) is 1.49. The quantitative estimate of drug-likeness (QED) is 0.448. The van der Waals surface area contributed by atoms with Crippen LogP contribution in [0, 0.1) is 0 Å². The molecule has 0 atom stereocenters. The van der Waals surface area contributed by atoms with Crippen LogP contribution < -0.4 is 0 Å². The first-order valence-electron chi connectivity index (χ1n) is 2.04. The summed E-state index contributed by atoms with van der Waals surface area (Å²) in [5.41, 5.74) is 0.264. The Morgan fingerprint density at radius 3 is 2.38 bits per heavy atom. The highest BCUT2D eigenvalue weighted by atomic mass is 32.1. The molecule has 0 aromatic carbocycles. The first-order chi connectivity index (χ1) is 3.68. The molecule has 0 aromatic heterocycles. The number of carbonyl (C=O) groups is 1. The van der Waals surface area contributed by atoms with E-state index in [1.807, 2.05) is 0 Å². The minimum absolute atomic E-state index is 0.264. The lowest BCUT2D eigenvalue weighted by molar-refractivity contribution is -0.132. The normalized spacial score (nSPS) is 10.9. The maximum atomic E-state index is 9.95. The second-order valence-corrected chi connectivity index (χ2v) is 1.56. The second-order valence-electron chi connectivity index (χ2n) is 1.29. The van der Waals surface area contributed by atoms with Crippen molar-refractivity contribution in [3.05, 3.63) is 11.6 Å². The molecule has 0 aromatic rings. The standard InChI is InChI=1S/C5H6O2S/c1-4(2-3-8)5(6)7/h2-3H,1H3,(H,6,7). The van der Waals surface area contributed by atoms with E-state index in [4.69, 9.17) is 5.11 Å². The van der Waals surface area contributed by atoms with E-state index in [-0.39, 0.29) is 5.57 Å². The number of allylic oxidation sites excluding steroid dienone is 1. The summed E-state index contributed by atoms with van der Waals surface area (Å²) in [4.78, 5) is 9.95. The molecule has 0 aliphatic carbocycles. The summed E-state index contributed by atoms with van der Waals surface area (Å²) in [7, 11) is 0. The molecule has 0 aliphatic heterocycles. The van der Waals surface area contributed by atoms with Crippen molar-refractivity contribution in [2.45, 2.75) is 6.92 Å². The average Bonchev–Trinajstić information content (AvgIpc) is 1.67. The average molecular weight is 130 g/mol. The van der Waals surface area contributed by atoms with Gasteiger partial charge in [-0.25, -0.2) is 4.79 Å². The zero-order chi connectivity index (χ0) is 6.57. The smallest absolute Gasteiger partial charge is 0.331 e. The minimum Gasteiger partial charge on any atom is -0.478 e. The van der Waals surface area contributed by atoms with Gasteiger partial charge in [0.1, 0.15) is 0 Å². The van der Waals surface area contributed by atoms with E-state index in [1.165, 1.54) is 18.4 Å². The molecule has 0 aliphatic rings. The molecule has 0 unspecified atom stereocenters. The number of carboxylic acid groups (broad SMARTS) is 1. The van der Waals surface area contributed by atoms with Crippen molar-refractivity contribution in [2.24, 2.45) is 0 Å². The summed E-state index contributed by atoms with van der Waals surface area (Å²) in [5, 5.41) is 9.46. The van der Waals surface area contributed by atoms with Gasteiger partial charge in [-0.05, 0) is 13.0 Å². The fraction of sp³-hybridized carbons (Fsp3) is 0.200. The molecule has 0 radical (unpaired) electrons. The minimum atomic E-state index is -0.925. The van der Waals surface area contributed by atoms with E-state index < -0.39 is 5.97 Å². The lowest BCUT2D eigenvalue weighted by Crippen LogP contribution is -1.95. The number of hydrogen-bond acceptors (Lipinski definition) is 2. The number of aliphatic carboxylic acids is 1. The van der Waals surface area contributed by atoms with Gasteiger partial charge in [0.05, 0.1) is 0 Å². The summed E-state index contributed by atoms with van der Waals surface area (Å²) in [6, 6.07) is 0. The summed E-state index contributed by atoms with van der Waals surface area (Å²) in [6.07, 6.45) is 1.37. The Labute approximate surface area is 52.8 Å². The molecule has 0 rings (SSSR count). The van der Waals surface area contributed by atoms with Crippen LogP contribution in [0.25, 0.3) is 0 Å². The predicted molar refractivity (Wildman–Crippen MR) is 35.0 cm³/mol. The highest BCUT2D eigenvalue weighted by Gasteiger charge is 1.94. The Morgan fingerprint density at radius 2 is 2.25 bits per heavy atom. The Hall–Kier alpha value is -0.700. The van der Waals surface area contributed by atoms with Crippen molar-refractivity contribution < 1.29 is 9.90 Å². The van der Waals surface area contributed by atoms with Crippen molar-refractivity contribution in [1.82, 2.24) is 0 Å². The third kappa shape index (κ3) is 2.47. The molecule has 0 amide bonds. The highest BCUT2D eigenvalue weighted by Crippen LogP contribution is 1.87. The summed E-state index contributed by atoms with van der Waals surface area (Å²) in [5.74, 6) is -0.925. The Balaban J connectivity index is 3.99. The molecule has 0 bridgehead atoms. The molecule has 0 saturated heterocycles. The van der Waals surface area contributed by atoms with E-state index in [1.54, 1.807) is 0 Å². The molecular formula is C5H6O2S. The van der Waals surface area contributed by atoms with Crippen LogP contribution in [0.1, 0.15) is 6.92 Å². The van der Waals surface area contributed by atoms with E-state index in [2.05, 4.69) is 12.2 Å². The number of rotatable bonds is 2. The molecule has 0 fully saturated rings. The molecular weight excluding hydrogens is 124 g/mol. The second kappa shape index (κ2) is 3.32. The topological polar surface area (TPSA) is 37.3 Å². The van der Waals surface area contributed by atoms with Crippen LogP contribution in [-0.2, 0) is 4.79 Å². The van der Waals surface area contributed by atoms with Crippen molar-refractivity contribution in [1.29, 1.82) is 0 Å². The molecule has 0 spiro atoms. The Bertz CT molecular complexity index is 137. The van der Waals surface area contributed by atoms with Crippen molar-refractivity contribution in [3.63, 3.8) is 0 Å². The van der Waals surface area contributed by atoms with Crippen LogP contribution in [0.3, 0.4) is 0 Å².